The van der Waals surface area contributed by atoms with Crippen molar-refractivity contribution in [1.29, 1.82) is 0 Å². The molecule has 0 saturated heterocycles. The number of rotatable bonds is 4. The van der Waals surface area contributed by atoms with Crippen molar-refractivity contribution in [3.63, 3.8) is 0 Å². The highest BCUT2D eigenvalue weighted by Gasteiger charge is 2.12. The van der Waals surface area contributed by atoms with E-state index in [1.165, 1.54) is 0 Å². The number of hydrogen-bond donors (Lipinski definition) is 1. The summed E-state index contributed by atoms with van der Waals surface area (Å²) in [6.45, 7) is 7.82. The van der Waals surface area contributed by atoms with E-state index in [1.807, 2.05) is 27.7 Å². The van der Waals surface area contributed by atoms with E-state index in [-0.39, 0.29) is 17.6 Å². The molecule has 1 aromatic rings. The minimum atomic E-state index is -0.0270. The fourth-order valence-electron chi connectivity index (χ4n) is 1.79. The first-order valence-corrected chi connectivity index (χ1v) is 5.58. The van der Waals surface area contributed by atoms with Crippen LogP contribution in [0.25, 0.3) is 0 Å². The standard InChI is InChI=1S/C12H20N2O2/c1-7(2)11-9(4)13-10(14-12(11)15)6-8(3)16-5/h7-8H,6H2,1-5H3,(H,13,14,15). The van der Waals surface area contributed by atoms with Crippen LogP contribution in [-0.2, 0) is 11.2 Å². The third kappa shape index (κ3) is 2.92. The molecular formula is C12H20N2O2. The largest absolute Gasteiger partial charge is 0.381 e. The van der Waals surface area contributed by atoms with E-state index in [4.69, 9.17) is 4.74 Å². The Morgan fingerprint density at radius 1 is 1.38 bits per heavy atom. The molecular weight excluding hydrogens is 204 g/mol. The van der Waals surface area contributed by atoms with Gasteiger partial charge in [0.15, 0.2) is 0 Å². The molecule has 0 fully saturated rings. The van der Waals surface area contributed by atoms with Crippen molar-refractivity contribution in [2.75, 3.05) is 7.11 Å². The predicted molar refractivity (Wildman–Crippen MR) is 63.9 cm³/mol. The van der Waals surface area contributed by atoms with Gasteiger partial charge >= 0.3 is 0 Å². The number of aryl methyl sites for hydroxylation is 1. The van der Waals surface area contributed by atoms with Crippen LogP contribution in [0.4, 0.5) is 0 Å². The van der Waals surface area contributed by atoms with Crippen LogP contribution in [0.2, 0.25) is 0 Å². The summed E-state index contributed by atoms with van der Waals surface area (Å²) < 4.78 is 5.15. The minimum absolute atomic E-state index is 0.0270. The molecule has 1 atom stereocenters. The van der Waals surface area contributed by atoms with Gasteiger partial charge < -0.3 is 9.72 Å². The highest BCUT2D eigenvalue weighted by molar-refractivity contribution is 5.20. The number of methoxy groups -OCH3 is 1. The Balaban J connectivity index is 3.05. The van der Waals surface area contributed by atoms with Crippen LogP contribution in [0, 0.1) is 6.92 Å². The number of aromatic nitrogens is 2. The third-order valence-electron chi connectivity index (χ3n) is 2.66. The van der Waals surface area contributed by atoms with Crippen LogP contribution in [0.15, 0.2) is 4.79 Å². The summed E-state index contributed by atoms with van der Waals surface area (Å²) in [6.07, 6.45) is 0.692. The van der Waals surface area contributed by atoms with Gasteiger partial charge in [-0.15, -0.1) is 0 Å². The van der Waals surface area contributed by atoms with Gasteiger partial charge in [-0.1, -0.05) is 13.8 Å². The molecule has 1 N–H and O–H groups in total. The van der Waals surface area contributed by atoms with Crippen molar-refractivity contribution >= 4 is 0 Å². The van der Waals surface area contributed by atoms with Crippen molar-refractivity contribution in [3.05, 3.63) is 27.4 Å². The maximum Gasteiger partial charge on any atom is 0.254 e. The lowest BCUT2D eigenvalue weighted by atomic mass is 10.0. The van der Waals surface area contributed by atoms with Crippen molar-refractivity contribution in [2.45, 2.75) is 46.1 Å². The molecule has 4 heteroatoms. The molecule has 0 aliphatic rings. The summed E-state index contributed by atoms with van der Waals surface area (Å²) >= 11 is 0. The molecule has 1 rings (SSSR count). The zero-order chi connectivity index (χ0) is 12.3. The van der Waals surface area contributed by atoms with Crippen molar-refractivity contribution in [3.8, 4) is 0 Å². The maximum atomic E-state index is 11.8. The van der Waals surface area contributed by atoms with Gasteiger partial charge in [0.1, 0.15) is 5.82 Å². The number of H-pyrrole nitrogens is 1. The van der Waals surface area contributed by atoms with Crippen LogP contribution >= 0.6 is 0 Å². The molecule has 1 unspecified atom stereocenters. The fraction of sp³-hybridized carbons (Fsp3) is 0.667. The Morgan fingerprint density at radius 2 is 2.00 bits per heavy atom. The molecule has 1 heterocycles. The molecule has 0 radical (unpaired) electrons. The van der Waals surface area contributed by atoms with Crippen LogP contribution in [0.3, 0.4) is 0 Å². The van der Waals surface area contributed by atoms with Gasteiger partial charge in [0.2, 0.25) is 0 Å². The second-order valence-electron chi connectivity index (χ2n) is 4.42. The number of nitrogens with one attached hydrogen (secondary N) is 1. The Hall–Kier alpha value is -1.16. The summed E-state index contributed by atoms with van der Waals surface area (Å²) in [4.78, 5) is 19.1. The molecule has 0 bridgehead atoms. The van der Waals surface area contributed by atoms with E-state index in [0.29, 0.717) is 12.2 Å². The lowest BCUT2D eigenvalue weighted by Gasteiger charge is -2.12. The molecule has 0 amide bonds. The Morgan fingerprint density at radius 3 is 2.44 bits per heavy atom. The van der Waals surface area contributed by atoms with E-state index < -0.39 is 0 Å². The van der Waals surface area contributed by atoms with E-state index in [1.54, 1.807) is 7.11 Å². The molecule has 16 heavy (non-hydrogen) atoms. The summed E-state index contributed by atoms with van der Waals surface area (Å²) in [5, 5.41) is 0. The van der Waals surface area contributed by atoms with Crippen LogP contribution < -0.4 is 5.56 Å². The fourth-order valence-corrected chi connectivity index (χ4v) is 1.79. The third-order valence-corrected chi connectivity index (χ3v) is 2.66. The highest BCUT2D eigenvalue weighted by atomic mass is 16.5. The minimum Gasteiger partial charge on any atom is -0.381 e. The zero-order valence-electron chi connectivity index (χ0n) is 10.6. The lowest BCUT2D eigenvalue weighted by Crippen LogP contribution is -2.22. The average molecular weight is 224 g/mol. The normalized spacial score (nSPS) is 13.1. The van der Waals surface area contributed by atoms with E-state index in [0.717, 1.165) is 11.3 Å². The Bertz CT molecular complexity index is 410. The second-order valence-corrected chi connectivity index (χ2v) is 4.42. The summed E-state index contributed by atoms with van der Waals surface area (Å²) in [6, 6.07) is 0. The average Bonchev–Trinajstić information content (AvgIpc) is 2.15. The molecule has 0 saturated carbocycles. The molecule has 90 valence electrons. The molecule has 0 aromatic carbocycles. The highest BCUT2D eigenvalue weighted by Crippen LogP contribution is 2.12. The van der Waals surface area contributed by atoms with Crippen molar-refractivity contribution in [2.24, 2.45) is 0 Å². The summed E-state index contributed by atoms with van der Waals surface area (Å²) in [7, 11) is 1.65. The predicted octanol–water partition coefficient (Wildman–Crippen LogP) is 1.78. The zero-order valence-corrected chi connectivity index (χ0v) is 10.6. The van der Waals surface area contributed by atoms with E-state index in [9.17, 15) is 4.79 Å². The van der Waals surface area contributed by atoms with Gasteiger partial charge in [-0.25, -0.2) is 4.98 Å². The second kappa shape index (κ2) is 5.25. The van der Waals surface area contributed by atoms with E-state index in [2.05, 4.69) is 9.97 Å². The molecule has 1 aromatic heterocycles. The first-order chi connectivity index (χ1) is 7.45. The molecule has 0 aliphatic heterocycles. The van der Waals surface area contributed by atoms with Gasteiger partial charge in [-0.3, -0.25) is 4.79 Å². The summed E-state index contributed by atoms with van der Waals surface area (Å²) in [5.74, 6) is 0.895. The first-order valence-electron chi connectivity index (χ1n) is 5.58. The van der Waals surface area contributed by atoms with E-state index >= 15 is 0 Å². The number of ether oxygens (including phenoxy) is 1. The van der Waals surface area contributed by atoms with Crippen molar-refractivity contribution in [1.82, 2.24) is 9.97 Å². The van der Waals surface area contributed by atoms with Gasteiger partial charge in [0.25, 0.3) is 5.56 Å². The van der Waals surface area contributed by atoms with Gasteiger partial charge in [-0.2, -0.15) is 0 Å². The van der Waals surface area contributed by atoms with Gasteiger partial charge in [-0.05, 0) is 19.8 Å². The maximum absolute atomic E-state index is 11.8. The van der Waals surface area contributed by atoms with Gasteiger partial charge in [0, 0.05) is 24.8 Å². The quantitative estimate of drug-likeness (QED) is 0.848. The Kier molecular flexibility index (Phi) is 4.24. The van der Waals surface area contributed by atoms with Crippen LogP contribution in [0.5, 0.6) is 0 Å². The van der Waals surface area contributed by atoms with Crippen LogP contribution in [0.1, 0.15) is 43.8 Å². The summed E-state index contributed by atoms with van der Waals surface area (Å²) in [5.41, 5.74) is 1.56. The molecule has 0 spiro atoms. The Labute approximate surface area is 96.1 Å². The molecule has 4 nitrogen and oxygen atoms in total. The smallest absolute Gasteiger partial charge is 0.254 e. The number of nitrogens with zero attached hydrogens (tertiary/aromatic N) is 1. The first kappa shape index (κ1) is 12.9. The molecule has 0 aliphatic carbocycles. The van der Waals surface area contributed by atoms with Gasteiger partial charge in [0.05, 0.1) is 6.10 Å². The SMILES string of the molecule is COC(C)Cc1nc(C)c(C(C)C)c(=O)[nH]1. The number of hydrogen-bond acceptors (Lipinski definition) is 3. The van der Waals surface area contributed by atoms with Crippen LogP contribution in [-0.4, -0.2) is 23.2 Å². The van der Waals surface area contributed by atoms with Crippen molar-refractivity contribution < 1.29 is 4.74 Å². The topological polar surface area (TPSA) is 55.0 Å². The monoisotopic (exact) mass is 224 g/mol. The lowest BCUT2D eigenvalue weighted by molar-refractivity contribution is 0.117. The number of aromatic amines is 1.